The number of hydrogen-bond acceptors (Lipinski definition) is 5. The van der Waals surface area contributed by atoms with Crippen LogP contribution in [-0.4, -0.2) is 63.1 Å². The first kappa shape index (κ1) is 24.8. The zero-order chi connectivity index (χ0) is 18.9. The number of rotatable bonds is 18. The monoisotopic (exact) mass is 362 g/mol. The molecule has 0 aliphatic carbocycles. The van der Waals surface area contributed by atoms with Crippen molar-refractivity contribution in [1.29, 1.82) is 0 Å². The highest BCUT2D eigenvalue weighted by atomic mass is 16.5. The van der Waals surface area contributed by atoms with Crippen LogP contribution < -0.4 is 0 Å². The minimum atomic E-state index is -0.230. The van der Waals surface area contributed by atoms with Crippen molar-refractivity contribution in [2.45, 2.75) is 77.4 Å². The largest absolute Gasteiger partial charge is 0.393 e. The molecule has 0 aromatic heterocycles. The van der Waals surface area contributed by atoms with E-state index in [1.807, 2.05) is 0 Å². The SMILES string of the molecule is COCC(C)CC(O)CCCCOCCCCC(O)CC(C)COC. The van der Waals surface area contributed by atoms with Gasteiger partial charge in [-0.05, 0) is 63.2 Å². The second-order valence-corrected chi connectivity index (χ2v) is 7.50. The van der Waals surface area contributed by atoms with Crippen LogP contribution in [-0.2, 0) is 14.2 Å². The molecule has 0 aromatic rings. The highest BCUT2D eigenvalue weighted by molar-refractivity contribution is 4.62. The minimum Gasteiger partial charge on any atom is -0.393 e. The van der Waals surface area contributed by atoms with Gasteiger partial charge in [-0.1, -0.05) is 13.8 Å². The van der Waals surface area contributed by atoms with Crippen LogP contribution in [0.1, 0.15) is 65.2 Å². The van der Waals surface area contributed by atoms with Crippen molar-refractivity contribution in [1.82, 2.24) is 0 Å². The second kappa shape index (κ2) is 17.2. The first-order valence-corrected chi connectivity index (χ1v) is 9.91. The Labute approximate surface area is 155 Å². The minimum absolute atomic E-state index is 0.230. The summed E-state index contributed by atoms with van der Waals surface area (Å²) in [5.74, 6) is 0.813. The van der Waals surface area contributed by atoms with Gasteiger partial charge in [-0.3, -0.25) is 0 Å². The molecule has 5 nitrogen and oxygen atoms in total. The fourth-order valence-corrected chi connectivity index (χ4v) is 3.14. The molecular weight excluding hydrogens is 320 g/mol. The van der Waals surface area contributed by atoms with E-state index >= 15 is 0 Å². The van der Waals surface area contributed by atoms with E-state index in [1.165, 1.54) is 0 Å². The standard InChI is InChI=1S/C20H42O5/c1-17(15-23-3)13-19(21)9-5-7-11-25-12-8-6-10-20(22)14-18(2)16-24-4/h17-22H,5-16H2,1-4H3. The van der Waals surface area contributed by atoms with Crippen molar-refractivity contribution in [3.63, 3.8) is 0 Å². The molecule has 152 valence electrons. The molecule has 0 aliphatic rings. The summed E-state index contributed by atoms with van der Waals surface area (Å²) in [6, 6.07) is 0. The summed E-state index contributed by atoms with van der Waals surface area (Å²) in [5, 5.41) is 19.9. The molecule has 0 aromatic carbocycles. The average molecular weight is 363 g/mol. The maximum absolute atomic E-state index is 9.94. The molecule has 0 rings (SSSR count). The van der Waals surface area contributed by atoms with E-state index in [1.54, 1.807) is 14.2 Å². The van der Waals surface area contributed by atoms with Crippen LogP contribution in [0.15, 0.2) is 0 Å². The summed E-state index contributed by atoms with van der Waals surface area (Å²) in [6.07, 6.45) is 6.81. The smallest absolute Gasteiger partial charge is 0.0543 e. The Bertz CT molecular complexity index is 249. The molecule has 25 heavy (non-hydrogen) atoms. The van der Waals surface area contributed by atoms with Gasteiger partial charge in [0, 0.05) is 40.6 Å². The van der Waals surface area contributed by atoms with Crippen LogP contribution >= 0.6 is 0 Å². The lowest BCUT2D eigenvalue weighted by Crippen LogP contribution is -2.15. The van der Waals surface area contributed by atoms with E-state index in [4.69, 9.17) is 14.2 Å². The molecule has 2 N–H and O–H groups in total. The zero-order valence-electron chi connectivity index (χ0n) is 16.9. The molecule has 0 bridgehead atoms. The lowest BCUT2D eigenvalue weighted by atomic mass is 10.0. The van der Waals surface area contributed by atoms with E-state index in [0.29, 0.717) is 25.0 Å². The molecular formula is C20H42O5. The summed E-state index contributed by atoms with van der Waals surface area (Å²) in [6.45, 7) is 7.14. The van der Waals surface area contributed by atoms with E-state index < -0.39 is 0 Å². The van der Waals surface area contributed by atoms with Crippen molar-refractivity contribution < 1.29 is 24.4 Å². The van der Waals surface area contributed by atoms with E-state index in [9.17, 15) is 10.2 Å². The van der Waals surface area contributed by atoms with E-state index in [2.05, 4.69) is 13.8 Å². The fourth-order valence-electron chi connectivity index (χ4n) is 3.14. The molecule has 5 heteroatoms. The lowest BCUT2D eigenvalue weighted by Gasteiger charge is -2.16. The van der Waals surface area contributed by atoms with Gasteiger partial charge < -0.3 is 24.4 Å². The molecule has 0 radical (unpaired) electrons. The first-order valence-electron chi connectivity index (χ1n) is 9.91. The van der Waals surface area contributed by atoms with Crippen molar-refractivity contribution in [2.24, 2.45) is 11.8 Å². The van der Waals surface area contributed by atoms with Crippen LogP contribution in [0.2, 0.25) is 0 Å². The first-order chi connectivity index (χ1) is 12.0. The van der Waals surface area contributed by atoms with Gasteiger partial charge >= 0.3 is 0 Å². The van der Waals surface area contributed by atoms with Crippen molar-refractivity contribution in [3.05, 3.63) is 0 Å². The summed E-state index contributed by atoms with van der Waals surface area (Å²) < 4.78 is 15.8. The highest BCUT2D eigenvalue weighted by Gasteiger charge is 2.11. The summed E-state index contributed by atoms with van der Waals surface area (Å²) in [4.78, 5) is 0. The van der Waals surface area contributed by atoms with Gasteiger partial charge in [0.25, 0.3) is 0 Å². The van der Waals surface area contributed by atoms with Gasteiger partial charge in [0.1, 0.15) is 0 Å². The Morgan fingerprint density at radius 2 is 1.08 bits per heavy atom. The van der Waals surface area contributed by atoms with Gasteiger partial charge in [-0.15, -0.1) is 0 Å². The van der Waals surface area contributed by atoms with Crippen LogP contribution in [0.25, 0.3) is 0 Å². The molecule has 0 heterocycles. The predicted molar refractivity (Wildman–Crippen MR) is 102 cm³/mol. The third-order valence-corrected chi connectivity index (χ3v) is 4.40. The molecule has 0 spiro atoms. The van der Waals surface area contributed by atoms with Crippen molar-refractivity contribution in [3.8, 4) is 0 Å². The molecule has 0 saturated heterocycles. The van der Waals surface area contributed by atoms with Crippen molar-refractivity contribution >= 4 is 0 Å². The molecule has 0 fully saturated rings. The zero-order valence-corrected chi connectivity index (χ0v) is 16.9. The maximum Gasteiger partial charge on any atom is 0.0543 e. The Morgan fingerprint density at radius 3 is 1.44 bits per heavy atom. The molecule has 0 saturated carbocycles. The fraction of sp³-hybridized carbons (Fsp3) is 1.00. The normalized spacial score (nSPS) is 16.6. The summed E-state index contributed by atoms with van der Waals surface area (Å²) in [5.41, 5.74) is 0. The van der Waals surface area contributed by atoms with Gasteiger partial charge in [-0.25, -0.2) is 0 Å². The van der Waals surface area contributed by atoms with Gasteiger partial charge in [0.2, 0.25) is 0 Å². The Hall–Kier alpha value is -0.200. The van der Waals surface area contributed by atoms with E-state index in [-0.39, 0.29) is 12.2 Å². The number of methoxy groups -OCH3 is 2. The molecule has 4 atom stereocenters. The quantitative estimate of drug-likeness (QED) is 0.366. The van der Waals surface area contributed by atoms with Crippen LogP contribution in [0, 0.1) is 11.8 Å². The number of hydrogen-bond donors (Lipinski definition) is 2. The van der Waals surface area contributed by atoms with Gasteiger partial charge in [0.15, 0.2) is 0 Å². The predicted octanol–water partition coefficient (Wildman–Crippen LogP) is 3.41. The molecule has 4 unspecified atom stereocenters. The topological polar surface area (TPSA) is 68.2 Å². The second-order valence-electron chi connectivity index (χ2n) is 7.50. The Morgan fingerprint density at radius 1 is 0.680 bits per heavy atom. The summed E-state index contributed by atoms with van der Waals surface area (Å²) in [7, 11) is 3.39. The number of aliphatic hydroxyl groups is 2. The molecule has 0 amide bonds. The number of ether oxygens (including phenoxy) is 3. The van der Waals surface area contributed by atoms with Crippen molar-refractivity contribution in [2.75, 3.05) is 40.6 Å². The third kappa shape index (κ3) is 17.0. The van der Waals surface area contributed by atoms with Crippen LogP contribution in [0.3, 0.4) is 0 Å². The number of unbranched alkanes of at least 4 members (excludes halogenated alkanes) is 2. The third-order valence-electron chi connectivity index (χ3n) is 4.40. The highest BCUT2D eigenvalue weighted by Crippen LogP contribution is 2.13. The van der Waals surface area contributed by atoms with Crippen LogP contribution in [0.5, 0.6) is 0 Å². The number of aliphatic hydroxyl groups excluding tert-OH is 2. The van der Waals surface area contributed by atoms with E-state index in [0.717, 1.165) is 64.6 Å². The Kier molecular flexibility index (Phi) is 17.1. The molecule has 0 aliphatic heterocycles. The lowest BCUT2D eigenvalue weighted by molar-refractivity contribution is 0.0844. The van der Waals surface area contributed by atoms with Gasteiger partial charge in [0.05, 0.1) is 12.2 Å². The Balaban J connectivity index is 3.36. The maximum atomic E-state index is 9.94. The van der Waals surface area contributed by atoms with Crippen LogP contribution in [0.4, 0.5) is 0 Å². The van der Waals surface area contributed by atoms with Gasteiger partial charge in [-0.2, -0.15) is 0 Å². The average Bonchev–Trinajstić information content (AvgIpc) is 2.53. The summed E-state index contributed by atoms with van der Waals surface area (Å²) >= 11 is 0.